The van der Waals surface area contributed by atoms with Crippen LogP contribution in [0, 0.1) is 61.1 Å². The van der Waals surface area contributed by atoms with Gasteiger partial charge in [0.05, 0.1) is 82.1 Å². The number of carbonyl (C=O) groups is 6. The number of hydrogen-bond acceptors (Lipinski definition) is 20. The highest BCUT2D eigenvalue weighted by Crippen LogP contribution is 2.60. The van der Waals surface area contributed by atoms with Crippen molar-refractivity contribution in [1.82, 2.24) is 39.2 Å². The van der Waals surface area contributed by atoms with E-state index in [1.807, 2.05) is 104 Å². The SMILES string of the molecule is COc1ccc2c(O[C@@H]3C[C@H]4C(=O)C[C@]5(C(=O)NS(=O)(=O)C6(C)CC6)C[C@H]5/C=C\CCCCC[C@H](Cc5cccc(C)c5)C(=O)N4C3)cc(-c3nc(C(C)C)cs3)nc2c1C.COc1ccc2c(O[C@@H]3C[C@H]4C(=O)C[C@]5(C(=O)NS(=O)(=O)C6(C)CC6)C[C@H]5/C=C\CCCCC[C@H](Cc5cccc(F)c5)C(=O)N4C3)cc(-c3nc(C(C)C)cs3)nc2c1C. The number of hydrogen-bond donors (Lipinski definition) is 2. The molecule has 4 aromatic heterocycles. The topological polar surface area (TPSA) is 290 Å². The maximum absolute atomic E-state index is 15.0. The Bertz CT molecular complexity index is 5330. The van der Waals surface area contributed by atoms with Crippen LogP contribution in [0.5, 0.6) is 23.0 Å². The van der Waals surface area contributed by atoms with E-state index in [1.54, 1.807) is 43.9 Å². The molecule has 0 unspecified atom stereocenters. The molecule has 4 aromatic carbocycles. The molecule has 4 amide bonds. The van der Waals surface area contributed by atoms with Crippen LogP contribution in [0.4, 0.5) is 4.39 Å². The lowest BCUT2D eigenvalue weighted by Crippen LogP contribution is -2.47. The van der Waals surface area contributed by atoms with Crippen molar-refractivity contribution in [2.45, 2.75) is 249 Å². The van der Waals surface area contributed by atoms with Gasteiger partial charge in [-0.3, -0.25) is 38.2 Å². The lowest BCUT2D eigenvalue weighted by atomic mass is 9.89. The summed E-state index contributed by atoms with van der Waals surface area (Å²) < 4.78 is 95.7. The summed E-state index contributed by atoms with van der Waals surface area (Å²) in [7, 11) is -4.64. The molecule has 10 atom stereocenters. The summed E-state index contributed by atoms with van der Waals surface area (Å²) in [6.45, 7) is 17.9. The van der Waals surface area contributed by atoms with E-state index in [0.717, 1.165) is 106 Å². The standard InChI is InChI=1S/C48H58N4O7S2.C47H55FN4O7S2/c1-29(2)38-28-60-44(50-38)37-24-42(36-17-18-41(58-6)31(4)43(36)49-37)59-35-23-39-40(53)26-48(46(55)51-61(56,57)47(5)19-20-47)25-34(48)16-11-9-7-8-10-15-33(45(54)52(39)27-35)22-32-14-12-13-30(3)21-32;1-28(2)37-27-60-43(50-37)36-23-41(35-16-17-40(58-5)29(3)42(35)49-36)59-34-22-38-39(53)25-47(45(55)51-61(56,57)46(4)18-19-46)24-32(47)14-10-8-6-7-9-13-31(44(54)52(38)26-34)20-30-12-11-15-33(48)21-30/h11-14,16-18,21,24,28-29,33-35,39H,7-10,15,19-20,22-23,25-27H2,1-6H3,(H,51,55);10-12,14-17,21,23,27-28,31-32,34,38H,6-9,13,18-20,22,24-26H2,1-5H3,(H,51,55)/b16-11-;14-10-/t33-,34-,35-,39+,48-;31-,32-,34-,38+,47-/m11/s1. The van der Waals surface area contributed by atoms with Gasteiger partial charge in [0, 0.05) is 82.3 Å². The molecular weight excluding hydrogens is 1620 g/mol. The second kappa shape index (κ2) is 35.4. The van der Waals surface area contributed by atoms with Crippen LogP contribution in [0.1, 0.15) is 221 Å². The van der Waals surface area contributed by atoms with Crippen LogP contribution in [0.25, 0.3) is 43.2 Å². The smallest absolute Gasteiger partial charge is 0.240 e. The Hall–Kier alpha value is -9.31. The fraction of sp³-hybridized carbons (Fsp3) is 0.516. The van der Waals surface area contributed by atoms with Crippen molar-refractivity contribution >= 4 is 99.7 Å². The summed E-state index contributed by atoms with van der Waals surface area (Å²) in [6.07, 6.45) is 18.3. The van der Waals surface area contributed by atoms with Gasteiger partial charge in [0.2, 0.25) is 43.7 Å². The molecule has 2 N–H and O–H groups in total. The van der Waals surface area contributed by atoms with E-state index in [2.05, 4.69) is 55.3 Å². The van der Waals surface area contributed by atoms with Gasteiger partial charge in [-0.1, -0.05) is 120 Å². The molecule has 16 rings (SSSR count). The molecule has 0 spiro atoms. The van der Waals surface area contributed by atoms with Crippen LogP contribution in [-0.4, -0.2) is 143 Å². The van der Waals surface area contributed by atoms with E-state index < -0.39 is 82.4 Å². The number of halogens is 1. The zero-order chi connectivity index (χ0) is 86.5. The van der Waals surface area contributed by atoms with Crippen LogP contribution in [-0.2, 0) is 61.7 Å². The van der Waals surface area contributed by atoms with Crippen molar-refractivity contribution in [3.8, 4) is 44.4 Å². The average molecular weight is 1740 g/mol. The highest BCUT2D eigenvalue weighted by molar-refractivity contribution is 7.92. The molecule has 6 fully saturated rings. The van der Waals surface area contributed by atoms with Gasteiger partial charge >= 0.3 is 0 Å². The van der Waals surface area contributed by atoms with E-state index >= 15 is 4.79 Å². The number of pyridine rings is 2. The molecule has 648 valence electrons. The third-order valence-electron chi connectivity index (χ3n) is 26.8. The third kappa shape index (κ3) is 18.4. The molecule has 4 saturated carbocycles. The molecule has 4 aliphatic heterocycles. The van der Waals surface area contributed by atoms with Gasteiger partial charge in [0.1, 0.15) is 62.4 Å². The number of ketones is 2. The summed E-state index contributed by atoms with van der Waals surface area (Å²) in [4.78, 5) is 111. The van der Waals surface area contributed by atoms with E-state index in [4.69, 9.17) is 38.9 Å². The number of nitrogens with zero attached hydrogens (tertiary/aromatic N) is 6. The van der Waals surface area contributed by atoms with Crippen molar-refractivity contribution in [1.29, 1.82) is 0 Å². The molecule has 27 heteroatoms. The van der Waals surface area contributed by atoms with Gasteiger partial charge in [-0.25, -0.2) is 41.2 Å². The first-order valence-corrected chi connectivity index (χ1v) is 48.1. The second-order valence-electron chi connectivity index (χ2n) is 36.6. The van der Waals surface area contributed by atoms with Gasteiger partial charge in [-0.15, -0.1) is 22.7 Å². The van der Waals surface area contributed by atoms with E-state index in [0.29, 0.717) is 115 Å². The number of rotatable bonds is 20. The highest BCUT2D eigenvalue weighted by atomic mass is 32.2. The molecule has 2 saturated heterocycles. The lowest BCUT2D eigenvalue weighted by Gasteiger charge is -2.29. The summed E-state index contributed by atoms with van der Waals surface area (Å²) in [5.41, 5.74) is 6.70. The number of ether oxygens (including phenoxy) is 4. The van der Waals surface area contributed by atoms with E-state index in [1.165, 1.54) is 34.8 Å². The van der Waals surface area contributed by atoms with Gasteiger partial charge in [-0.05, 0) is 196 Å². The molecule has 122 heavy (non-hydrogen) atoms. The minimum atomic E-state index is -3.95. The normalized spacial score (nSPS) is 25.9. The minimum absolute atomic E-state index is 0.0982. The Morgan fingerprint density at radius 2 is 0.975 bits per heavy atom. The van der Waals surface area contributed by atoms with Crippen molar-refractivity contribution < 1.29 is 68.9 Å². The number of allylic oxidation sites excluding steroid dienone is 4. The minimum Gasteiger partial charge on any atom is -0.496 e. The van der Waals surface area contributed by atoms with Crippen LogP contribution < -0.4 is 28.4 Å². The molecule has 8 aromatic rings. The van der Waals surface area contributed by atoms with Crippen LogP contribution in [0.3, 0.4) is 0 Å². The number of benzene rings is 4. The first-order chi connectivity index (χ1) is 58.2. The second-order valence-corrected chi connectivity index (χ2v) is 42.7. The van der Waals surface area contributed by atoms with Crippen LogP contribution in [0.2, 0.25) is 0 Å². The molecule has 4 aliphatic carbocycles. The Kier molecular flexibility index (Phi) is 25.4. The third-order valence-corrected chi connectivity index (χ3v) is 32.9. The molecule has 22 nitrogen and oxygen atoms in total. The number of aryl methyl sites for hydroxylation is 3. The first kappa shape index (κ1) is 87.6. The number of amides is 4. The lowest BCUT2D eigenvalue weighted by molar-refractivity contribution is -0.142. The summed E-state index contributed by atoms with van der Waals surface area (Å²) in [6, 6.07) is 24.1. The number of fused-ring (bicyclic) bond motifs is 6. The maximum Gasteiger partial charge on any atom is 0.240 e. The maximum atomic E-state index is 15.0. The van der Waals surface area contributed by atoms with Crippen LogP contribution >= 0.6 is 22.7 Å². The predicted octanol–water partition coefficient (Wildman–Crippen LogP) is 17.4. The van der Waals surface area contributed by atoms with E-state index in [-0.39, 0.29) is 97.6 Å². The fourth-order valence-electron chi connectivity index (χ4n) is 18.2. The molecule has 0 radical (unpaired) electrons. The molecule has 8 heterocycles. The summed E-state index contributed by atoms with van der Waals surface area (Å²) in [5.74, 6) is -1.12. The summed E-state index contributed by atoms with van der Waals surface area (Å²) in [5, 5.41) is 7.08. The zero-order valence-electron chi connectivity index (χ0n) is 71.7. The quantitative estimate of drug-likeness (QED) is 0.0670. The Balaban J connectivity index is 0.000000190. The Labute approximate surface area is 723 Å². The van der Waals surface area contributed by atoms with Gasteiger partial charge in [0.25, 0.3) is 0 Å². The molecule has 8 aliphatic rings. The Morgan fingerprint density at radius 1 is 0.549 bits per heavy atom. The number of aromatic nitrogens is 4. The number of nitrogens with one attached hydrogen (secondary N) is 2. The fourth-order valence-corrected chi connectivity index (χ4v) is 22.8. The molecular formula is C95H113FN8O14S4. The van der Waals surface area contributed by atoms with E-state index in [9.17, 15) is 45.2 Å². The van der Waals surface area contributed by atoms with Gasteiger partial charge in [0.15, 0.2) is 11.6 Å². The van der Waals surface area contributed by atoms with Crippen molar-refractivity contribution in [3.63, 3.8) is 0 Å². The molecule has 0 bridgehead atoms. The largest absolute Gasteiger partial charge is 0.496 e. The van der Waals surface area contributed by atoms with Crippen molar-refractivity contribution in [2.75, 3.05) is 27.3 Å². The first-order valence-electron chi connectivity index (χ1n) is 43.4. The van der Waals surface area contributed by atoms with Crippen LogP contribution in [0.15, 0.2) is 120 Å². The average Bonchev–Trinajstić information content (AvgIpc) is 1.59. The zero-order valence-corrected chi connectivity index (χ0v) is 75.0. The number of thiazole rings is 2. The number of Topliss-reactive ketones (excluding diaryl/α,β-unsaturated/α-hetero) is 2. The van der Waals surface area contributed by atoms with Crippen molar-refractivity contribution in [3.05, 3.63) is 165 Å². The monoisotopic (exact) mass is 1740 g/mol. The highest BCUT2D eigenvalue weighted by Gasteiger charge is 2.65. The van der Waals surface area contributed by atoms with Crippen molar-refractivity contribution in [2.24, 2.45) is 34.5 Å². The van der Waals surface area contributed by atoms with Gasteiger partial charge in [-0.2, -0.15) is 0 Å². The number of methoxy groups -OCH3 is 2. The predicted molar refractivity (Wildman–Crippen MR) is 472 cm³/mol. The number of sulfonamides is 2. The Morgan fingerprint density at radius 3 is 1.37 bits per heavy atom. The summed E-state index contributed by atoms with van der Waals surface area (Å²) >= 11 is 3.02. The number of carbonyl (C=O) groups excluding carboxylic acids is 6. The van der Waals surface area contributed by atoms with Gasteiger partial charge < -0.3 is 28.7 Å².